The molecule has 1 saturated heterocycles. The van der Waals surface area contributed by atoms with E-state index in [1.54, 1.807) is 0 Å². The number of hydrogen-bond donors (Lipinski definition) is 1. The summed E-state index contributed by atoms with van der Waals surface area (Å²) in [5, 5.41) is 9.87. The van der Waals surface area contributed by atoms with Crippen LogP contribution in [0.2, 0.25) is 0 Å². The Morgan fingerprint density at radius 1 is 1.39 bits per heavy atom. The molecular weight excluding hydrogens is 345 g/mol. The minimum atomic E-state index is -0.737. The molecule has 0 radical (unpaired) electrons. The van der Waals surface area contributed by atoms with Crippen molar-refractivity contribution in [3.8, 4) is 0 Å². The molecule has 92 valence electrons. The van der Waals surface area contributed by atoms with Crippen LogP contribution in [0.4, 0.5) is 5.82 Å². The highest BCUT2D eigenvalue weighted by Crippen LogP contribution is 2.29. The third-order valence-corrected chi connectivity index (χ3v) is 3.78. The van der Waals surface area contributed by atoms with Gasteiger partial charge in [0.2, 0.25) is 0 Å². The largest absolute Gasteiger partial charge is 0.481 e. The van der Waals surface area contributed by atoms with E-state index in [9.17, 15) is 4.79 Å². The van der Waals surface area contributed by atoms with Crippen LogP contribution in [-0.4, -0.2) is 34.1 Å². The van der Waals surface area contributed by atoms with E-state index in [4.69, 9.17) is 5.11 Å². The Bertz CT molecular complexity index is 626. The fourth-order valence-corrected chi connectivity index (χ4v) is 2.57. The Kier molecular flexibility index (Phi) is 2.81. The number of carboxylic acid groups (broad SMARTS) is 1. The smallest absolute Gasteiger partial charge is 0.310 e. The number of carbonyl (C=O) groups is 1. The summed E-state index contributed by atoms with van der Waals surface area (Å²) in [5.41, 5.74) is 0.888. The Balaban J connectivity index is 1.98. The van der Waals surface area contributed by atoms with Gasteiger partial charge in [-0.25, -0.2) is 9.97 Å². The standard InChI is InChI=1S/C12H10IN3O2/c13-8-1-2-10-9(3-8)11(15-6-14-10)16-4-7(5-16)12(17)18/h1-3,6-7H,4-5H2,(H,17,18). The molecule has 0 atom stereocenters. The first-order valence-corrected chi connectivity index (χ1v) is 6.61. The summed E-state index contributed by atoms with van der Waals surface area (Å²) in [6.45, 7) is 1.04. The average Bonchev–Trinajstić information content (AvgIpc) is 2.27. The predicted molar refractivity (Wildman–Crippen MR) is 75.6 cm³/mol. The van der Waals surface area contributed by atoms with Crippen molar-refractivity contribution in [1.29, 1.82) is 0 Å². The van der Waals surface area contributed by atoms with Gasteiger partial charge in [0.1, 0.15) is 12.1 Å². The average molecular weight is 355 g/mol. The molecule has 1 aliphatic rings. The number of fused-ring (bicyclic) bond motifs is 1. The second kappa shape index (κ2) is 4.34. The lowest BCUT2D eigenvalue weighted by Crippen LogP contribution is -2.50. The molecular formula is C12H10IN3O2. The van der Waals surface area contributed by atoms with Gasteiger partial charge < -0.3 is 10.0 Å². The number of halogens is 1. The van der Waals surface area contributed by atoms with Crippen LogP contribution in [0.1, 0.15) is 0 Å². The quantitative estimate of drug-likeness (QED) is 0.832. The predicted octanol–water partition coefficient (Wildman–Crippen LogP) is 1.76. The van der Waals surface area contributed by atoms with Crippen molar-refractivity contribution in [3.05, 3.63) is 28.1 Å². The maximum atomic E-state index is 10.8. The van der Waals surface area contributed by atoms with Crippen molar-refractivity contribution >= 4 is 45.3 Å². The van der Waals surface area contributed by atoms with Crippen LogP contribution < -0.4 is 4.90 Å². The van der Waals surface area contributed by atoms with Crippen molar-refractivity contribution in [3.63, 3.8) is 0 Å². The van der Waals surface area contributed by atoms with Gasteiger partial charge in [-0.15, -0.1) is 0 Å². The lowest BCUT2D eigenvalue weighted by Gasteiger charge is -2.38. The molecule has 1 aromatic carbocycles. The van der Waals surface area contributed by atoms with Crippen molar-refractivity contribution in [2.24, 2.45) is 5.92 Å². The van der Waals surface area contributed by atoms with E-state index >= 15 is 0 Å². The number of anilines is 1. The number of aromatic nitrogens is 2. The zero-order valence-corrected chi connectivity index (χ0v) is 11.5. The van der Waals surface area contributed by atoms with Gasteiger partial charge in [-0.1, -0.05) is 0 Å². The number of carboxylic acids is 1. The Morgan fingerprint density at radius 2 is 2.17 bits per heavy atom. The molecule has 0 unspecified atom stereocenters. The van der Waals surface area contributed by atoms with Crippen molar-refractivity contribution in [2.45, 2.75) is 0 Å². The van der Waals surface area contributed by atoms with Gasteiger partial charge in [0.25, 0.3) is 0 Å². The molecule has 0 saturated carbocycles. The van der Waals surface area contributed by atoms with Gasteiger partial charge in [0.15, 0.2) is 0 Å². The number of rotatable bonds is 2. The van der Waals surface area contributed by atoms with Gasteiger partial charge in [0, 0.05) is 22.0 Å². The molecule has 0 bridgehead atoms. The maximum absolute atomic E-state index is 10.8. The van der Waals surface area contributed by atoms with Crippen molar-refractivity contribution in [1.82, 2.24) is 9.97 Å². The van der Waals surface area contributed by atoms with Crippen LogP contribution in [0.15, 0.2) is 24.5 Å². The van der Waals surface area contributed by atoms with Crippen molar-refractivity contribution < 1.29 is 9.90 Å². The SMILES string of the molecule is O=C(O)C1CN(c2ncnc3ccc(I)cc23)C1. The second-order valence-electron chi connectivity index (χ2n) is 4.30. The molecule has 1 aromatic heterocycles. The highest BCUT2D eigenvalue weighted by atomic mass is 127. The zero-order chi connectivity index (χ0) is 12.7. The molecule has 0 aliphatic carbocycles. The van der Waals surface area contributed by atoms with Gasteiger partial charge in [-0.2, -0.15) is 0 Å². The van der Waals surface area contributed by atoms with E-state index < -0.39 is 5.97 Å². The zero-order valence-electron chi connectivity index (χ0n) is 9.38. The van der Waals surface area contributed by atoms with E-state index in [1.165, 1.54) is 6.33 Å². The lowest BCUT2D eigenvalue weighted by atomic mass is 10.00. The monoisotopic (exact) mass is 355 g/mol. The van der Waals surface area contributed by atoms with E-state index in [2.05, 4.69) is 32.6 Å². The first kappa shape index (κ1) is 11.6. The molecule has 1 N–H and O–H groups in total. The third-order valence-electron chi connectivity index (χ3n) is 3.11. The normalized spacial score (nSPS) is 15.7. The summed E-state index contributed by atoms with van der Waals surface area (Å²) in [6, 6.07) is 5.98. The number of hydrogen-bond acceptors (Lipinski definition) is 4. The van der Waals surface area contributed by atoms with Crippen LogP contribution >= 0.6 is 22.6 Å². The first-order valence-electron chi connectivity index (χ1n) is 5.53. The molecule has 6 heteroatoms. The molecule has 1 fully saturated rings. The number of nitrogens with zero attached hydrogens (tertiary/aromatic N) is 3. The van der Waals surface area contributed by atoms with Crippen LogP contribution in [0.25, 0.3) is 10.9 Å². The summed E-state index contributed by atoms with van der Waals surface area (Å²) in [4.78, 5) is 21.3. The summed E-state index contributed by atoms with van der Waals surface area (Å²) in [5.74, 6) is -0.187. The van der Waals surface area contributed by atoms with Crippen LogP contribution in [0.3, 0.4) is 0 Å². The summed E-state index contributed by atoms with van der Waals surface area (Å²) in [7, 11) is 0. The van der Waals surface area contributed by atoms with Gasteiger partial charge >= 0.3 is 5.97 Å². The van der Waals surface area contributed by atoms with Gasteiger partial charge in [-0.05, 0) is 40.8 Å². The maximum Gasteiger partial charge on any atom is 0.310 e. The summed E-state index contributed by atoms with van der Waals surface area (Å²) < 4.78 is 1.12. The molecule has 0 amide bonds. The lowest BCUT2D eigenvalue weighted by molar-refractivity contribution is -0.142. The molecule has 2 aromatic rings. The number of aliphatic carboxylic acids is 1. The topological polar surface area (TPSA) is 66.3 Å². The van der Waals surface area contributed by atoms with Crippen LogP contribution in [0, 0.1) is 9.49 Å². The van der Waals surface area contributed by atoms with Crippen LogP contribution in [-0.2, 0) is 4.79 Å². The van der Waals surface area contributed by atoms with Crippen molar-refractivity contribution in [2.75, 3.05) is 18.0 Å². The summed E-state index contributed by atoms with van der Waals surface area (Å²) in [6.07, 6.45) is 1.53. The summed E-state index contributed by atoms with van der Waals surface area (Å²) >= 11 is 2.24. The van der Waals surface area contributed by atoms with E-state index in [0.717, 1.165) is 20.3 Å². The Morgan fingerprint density at radius 3 is 2.89 bits per heavy atom. The first-order chi connectivity index (χ1) is 8.65. The molecule has 18 heavy (non-hydrogen) atoms. The molecule has 2 heterocycles. The molecule has 0 spiro atoms. The molecule has 1 aliphatic heterocycles. The highest BCUT2D eigenvalue weighted by Gasteiger charge is 2.34. The van der Waals surface area contributed by atoms with Crippen LogP contribution in [0.5, 0.6) is 0 Å². The molecule has 5 nitrogen and oxygen atoms in total. The fourth-order valence-electron chi connectivity index (χ4n) is 2.07. The fraction of sp³-hybridized carbons (Fsp3) is 0.250. The third kappa shape index (κ3) is 1.90. The second-order valence-corrected chi connectivity index (χ2v) is 5.54. The Labute approximate surface area is 117 Å². The Hall–Kier alpha value is -1.44. The highest BCUT2D eigenvalue weighted by molar-refractivity contribution is 14.1. The minimum Gasteiger partial charge on any atom is -0.481 e. The van der Waals surface area contributed by atoms with Gasteiger partial charge in [0.05, 0.1) is 11.4 Å². The van der Waals surface area contributed by atoms with E-state index in [-0.39, 0.29) is 5.92 Å². The van der Waals surface area contributed by atoms with Gasteiger partial charge in [-0.3, -0.25) is 4.79 Å². The number of benzene rings is 1. The minimum absolute atomic E-state index is 0.280. The van der Waals surface area contributed by atoms with E-state index in [0.29, 0.717) is 13.1 Å². The molecule has 3 rings (SSSR count). The van der Waals surface area contributed by atoms with E-state index in [1.807, 2.05) is 23.1 Å².